The molecule has 0 spiro atoms. The van der Waals surface area contributed by atoms with Gasteiger partial charge in [0.2, 0.25) is 29.4 Å². The number of carbonyl (C=O) groups is 9. The van der Waals surface area contributed by atoms with Crippen LogP contribution in [0.5, 0.6) is 17.2 Å². The Labute approximate surface area is 510 Å². The first-order chi connectivity index (χ1) is 41.3. The first-order valence-corrected chi connectivity index (χ1v) is 29.7. The second kappa shape index (κ2) is 31.4. The van der Waals surface area contributed by atoms with Gasteiger partial charge in [-0.3, -0.25) is 33.6 Å². The van der Waals surface area contributed by atoms with E-state index in [-0.39, 0.29) is 69.0 Å². The maximum absolute atomic E-state index is 15.0. The lowest BCUT2D eigenvalue weighted by atomic mass is 9.87. The molecular formula is C66H86N6O15. The van der Waals surface area contributed by atoms with Crippen molar-refractivity contribution in [1.82, 2.24) is 30.2 Å². The van der Waals surface area contributed by atoms with E-state index < -0.39 is 114 Å². The number of carbonyl (C=O) groups excluding carboxylic acids is 9. The monoisotopic (exact) mass is 1200 g/mol. The lowest BCUT2D eigenvalue weighted by Crippen LogP contribution is -2.59. The largest absolute Gasteiger partial charge is 0.504 e. The van der Waals surface area contributed by atoms with Crippen molar-refractivity contribution in [1.29, 1.82) is 0 Å². The average Bonchev–Trinajstić information content (AvgIpc) is 2.76. The maximum Gasteiger partial charge on any atom is 0.330 e. The number of methoxy groups -OCH3 is 1. The van der Waals surface area contributed by atoms with Crippen molar-refractivity contribution in [3.63, 3.8) is 0 Å². The van der Waals surface area contributed by atoms with Crippen molar-refractivity contribution in [2.24, 2.45) is 5.41 Å². The highest BCUT2D eigenvalue weighted by Crippen LogP contribution is 2.33. The zero-order valence-corrected chi connectivity index (χ0v) is 51.9. The number of Topliss-reactive ketones (excluding diaryl/α,β-unsaturated/α-hetero) is 1. The molecule has 470 valence electrons. The summed E-state index contributed by atoms with van der Waals surface area (Å²) in [5.74, 6) is -6.01. The van der Waals surface area contributed by atoms with Gasteiger partial charge in [-0.15, -0.1) is 0 Å². The molecule has 0 unspecified atom stereocenters. The van der Waals surface area contributed by atoms with E-state index in [1.165, 1.54) is 67.8 Å². The number of phenolic OH excluding ortho intramolecular Hbond substituents is 1. The number of cyclic esters (lactones) is 2. The number of benzene rings is 4. The van der Waals surface area contributed by atoms with Crippen molar-refractivity contribution >= 4 is 63.9 Å². The SMILES string of the molecule is CCCC[C@H]1C(=O)N[C@@H](Cc2ccc3ccccc3c2)C(=O)N(C)[C@@H](COC(C)(C)C)C(=O)NCC(=O)N(C)CC/C=C/C(=O)OCC(C)(C)C(=O)C(=O)N2CCCC[C@H]2C(=O)O[C@H](CCc2ccc(OC)c(O)c2)c2cccc(c2)OCC(=O)N1C. The van der Waals surface area contributed by atoms with Crippen LogP contribution in [0.2, 0.25) is 0 Å². The van der Waals surface area contributed by atoms with Gasteiger partial charge >= 0.3 is 11.9 Å². The molecule has 1 saturated heterocycles. The minimum atomic E-state index is -1.51. The van der Waals surface area contributed by atoms with Gasteiger partial charge in [-0.05, 0) is 131 Å². The second-order valence-corrected chi connectivity index (χ2v) is 23.9. The molecule has 21 heteroatoms. The predicted octanol–water partition coefficient (Wildman–Crippen LogP) is 6.59. The molecule has 0 aliphatic carbocycles. The number of nitrogens with zero attached hydrogens (tertiary/aromatic N) is 4. The fraction of sp³-hybridized carbons (Fsp3) is 0.500. The topological polar surface area (TPSA) is 257 Å². The number of ketones is 1. The number of phenols is 1. The number of rotatable bonds is 11. The van der Waals surface area contributed by atoms with Gasteiger partial charge in [-0.1, -0.05) is 86.5 Å². The zero-order valence-electron chi connectivity index (χ0n) is 51.9. The molecule has 5 atom stereocenters. The highest BCUT2D eigenvalue weighted by Gasteiger charge is 2.43. The van der Waals surface area contributed by atoms with E-state index in [1.54, 1.807) is 63.2 Å². The molecule has 4 aromatic carbocycles. The third-order valence-corrected chi connectivity index (χ3v) is 15.6. The molecule has 2 bridgehead atoms. The number of amides is 6. The standard InChI is InChI=1S/C66H86N6O15/c1-11-12-24-50-61(79)68-49(36-44-27-30-45-20-13-14-21-46(45)35-44)62(80)71(9)52(40-86-65(2,3)4)60(78)67-39-56(74)69(7)33-17-16-26-58(76)85-42-66(5,6)59(77)63(81)72-34-18-15-25-51(72)64(82)87-54(31-28-43-29-32-55(83-10)53(73)37-43)47-22-19-23-48(38-47)84-41-57(75)70(50)8/h13-14,16,19-23,26-27,29-30,32,35,37-38,49-52,54,73H,11-12,15,17-18,24-25,28,31,33-34,36,39-42H2,1-10H3,(H,67,78)(H,68,79)/b26-16+/t49-,50-,51-,52-,54+/m0/s1. The number of aryl methyl sites for hydroxylation is 1. The molecule has 1 fully saturated rings. The fourth-order valence-electron chi connectivity index (χ4n) is 10.2. The van der Waals surface area contributed by atoms with Gasteiger partial charge in [0.05, 0.1) is 31.3 Å². The average molecular weight is 1200 g/mol. The Kier molecular flexibility index (Phi) is 24.4. The van der Waals surface area contributed by atoms with Crippen LogP contribution in [0.3, 0.4) is 0 Å². The van der Waals surface area contributed by atoms with E-state index in [0.29, 0.717) is 48.8 Å². The smallest absolute Gasteiger partial charge is 0.330 e. The lowest BCUT2D eigenvalue weighted by Gasteiger charge is -2.36. The first-order valence-electron chi connectivity index (χ1n) is 29.7. The third kappa shape index (κ3) is 19.3. The number of esters is 2. The van der Waals surface area contributed by atoms with E-state index in [9.17, 15) is 43.5 Å². The van der Waals surface area contributed by atoms with Gasteiger partial charge < -0.3 is 59.0 Å². The third-order valence-electron chi connectivity index (χ3n) is 15.6. The minimum Gasteiger partial charge on any atom is -0.504 e. The molecule has 3 N–H and O–H groups in total. The van der Waals surface area contributed by atoms with Gasteiger partial charge in [0.1, 0.15) is 42.6 Å². The van der Waals surface area contributed by atoms with Crippen LogP contribution in [0.1, 0.15) is 116 Å². The lowest BCUT2D eigenvalue weighted by molar-refractivity contribution is -0.165. The zero-order chi connectivity index (χ0) is 63.6. The van der Waals surface area contributed by atoms with Gasteiger partial charge in [0.25, 0.3) is 11.8 Å². The van der Waals surface area contributed by atoms with Crippen LogP contribution < -0.4 is 20.1 Å². The van der Waals surface area contributed by atoms with Crippen LogP contribution in [0.25, 0.3) is 10.8 Å². The Hall–Kier alpha value is -8.33. The number of hydrogen-bond acceptors (Lipinski definition) is 15. The van der Waals surface area contributed by atoms with Crippen LogP contribution in [-0.4, -0.2) is 175 Å². The summed E-state index contributed by atoms with van der Waals surface area (Å²) >= 11 is 0. The van der Waals surface area contributed by atoms with Crippen LogP contribution in [0.4, 0.5) is 0 Å². The Balaban J connectivity index is 1.35. The van der Waals surface area contributed by atoms with Gasteiger partial charge in [0.15, 0.2) is 18.1 Å². The van der Waals surface area contributed by atoms with Gasteiger partial charge in [0, 0.05) is 46.7 Å². The van der Waals surface area contributed by atoms with Crippen LogP contribution >= 0.6 is 0 Å². The summed E-state index contributed by atoms with van der Waals surface area (Å²) in [6.45, 7) is 8.72. The molecule has 0 radical (unpaired) electrons. The number of ether oxygens (including phenoxy) is 5. The molecule has 2 aliphatic rings. The van der Waals surface area contributed by atoms with Crippen molar-refractivity contribution in [3.05, 3.63) is 114 Å². The maximum atomic E-state index is 15.0. The summed E-state index contributed by atoms with van der Waals surface area (Å²) in [7, 11) is 5.86. The minimum absolute atomic E-state index is 0.00511. The number of piperidine rings is 1. The van der Waals surface area contributed by atoms with E-state index in [0.717, 1.165) is 16.8 Å². The number of hydrogen-bond donors (Lipinski definition) is 3. The summed E-state index contributed by atoms with van der Waals surface area (Å²) in [4.78, 5) is 132. The Morgan fingerprint density at radius 1 is 0.770 bits per heavy atom. The van der Waals surface area contributed by atoms with Gasteiger partial charge in [-0.25, -0.2) is 9.59 Å². The molecule has 6 amide bonds. The van der Waals surface area contributed by atoms with E-state index in [4.69, 9.17) is 23.7 Å². The Morgan fingerprint density at radius 2 is 1.51 bits per heavy atom. The predicted molar refractivity (Wildman–Crippen MR) is 325 cm³/mol. The first kappa shape index (κ1) is 67.8. The molecular weight excluding hydrogens is 1120 g/mol. The molecule has 0 aromatic heterocycles. The fourth-order valence-corrected chi connectivity index (χ4v) is 10.2. The van der Waals surface area contributed by atoms with E-state index in [2.05, 4.69) is 10.6 Å². The molecule has 4 aromatic rings. The Morgan fingerprint density at radius 3 is 2.22 bits per heavy atom. The number of nitrogens with one attached hydrogen (secondary N) is 2. The van der Waals surface area contributed by atoms with E-state index >= 15 is 4.79 Å². The van der Waals surface area contributed by atoms with Crippen LogP contribution in [-0.2, 0) is 70.2 Å². The second-order valence-electron chi connectivity index (χ2n) is 23.9. The molecule has 2 aliphatic heterocycles. The van der Waals surface area contributed by atoms with Crippen molar-refractivity contribution in [3.8, 4) is 17.2 Å². The molecule has 6 rings (SSSR count). The highest BCUT2D eigenvalue weighted by atomic mass is 16.5. The number of likely N-dealkylation sites (N-methyl/N-ethyl adjacent to an activating group) is 3. The Bertz CT molecular complexity index is 3140. The molecule has 21 nitrogen and oxygen atoms in total. The van der Waals surface area contributed by atoms with E-state index in [1.807, 2.05) is 49.4 Å². The molecule has 2 heterocycles. The number of aromatic hydroxyl groups is 1. The van der Waals surface area contributed by atoms with Crippen molar-refractivity contribution in [2.75, 3.05) is 67.7 Å². The van der Waals surface area contributed by atoms with Gasteiger partial charge in [-0.2, -0.15) is 0 Å². The van der Waals surface area contributed by atoms with Crippen molar-refractivity contribution in [2.45, 2.75) is 142 Å². The number of unbranched alkanes of at least 4 members (excludes halogenated alkanes) is 1. The quantitative estimate of drug-likeness (QED) is 0.106. The molecule has 87 heavy (non-hydrogen) atoms. The normalized spacial score (nSPS) is 22.1. The summed E-state index contributed by atoms with van der Waals surface area (Å²) in [5, 5.41) is 18.1. The summed E-state index contributed by atoms with van der Waals surface area (Å²) in [6, 6.07) is 20.1. The summed E-state index contributed by atoms with van der Waals surface area (Å²) < 4.78 is 29.2. The number of fused-ring (bicyclic) bond motifs is 4. The van der Waals surface area contributed by atoms with Crippen LogP contribution in [0.15, 0.2) is 97.1 Å². The summed E-state index contributed by atoms with van der Waals surface area (Å²) in [6.07, 6.45) is 5.00. The molecule has 0 saturated carbocycles. The highest BCUT2D eigenvalue weighted by molar-refractivity contribution is 6.38. The summed E-state index contributed by atoms with van der Waals surface area (Å²) in [5.41, 5.74) is -0.400. The van der Waals surface area contributed by atoms with Crippen LogP contribution in [0, 0.1) is 5.41 Å². The van der Waals surface area contributed by atoms with Crippen molar-refractivity contribution < 1.29 is 71.9 Å².